The number of nitrogens with one attached hydrogen (secondary N) is 1. The highest BCUT2D eigenvalue weighted by Crippen LogP contribution is 2.30. The largest absolute Gasteiger partial charge is 0.455 e. The number of nitrogens with two attached hydrogens (primary N) is 1. The molecule has 3 rings (SSSR count). The van der Waals surface area contributed by atoms with Gasteiger partial charge in [0.2, 0.25) is 0 Å². The van der Waals surface area contributed by atoms with Crippen molar-refractivity contribution in [2.24, 2.45) is 0 Å². The second-order valence-electron chi connectivity index (χ2n) is 5.00. The molecule has 23 heavy (non-hydrogen) atoms. The van der Waals surface area contributed by atoms with Gasteiger partial charge in [0, 0.05) is 30.4 Å². The van der Waals surface area contributed by atoms with E-state index in [1.165, 1.54) is 0 Å². The first-order valence-electron chi connectivity index (χ1n) is 7.03. The topological polar surface area (TPSA) is 69.3 Å². The Morgan fingerprint density at radius 3 is 2.65 bits per heavy atom. The van der Waals surface area contributed by atoms with Gasteiger partial charge in [-0.15, -0.1) is 0 Å². The van der Waals surface area contributed by atoms with Crippen molar-refractivity contribution < 1.29 is 8.95 Å². The van der Waals surface area contributed by atoms with E-state index >= 15 is 0 Å². The molecule has 118 valence electrons. The van der Waals surface area contributed by atoms with Crippen LogP contribution in [0.25, 0.3) is 5.69 Å². The smallest absolute Gasteiger partial charge is 0.152 e. The van der Waals surface area contributed by atoms with Crippen LogP contribution in [0.15, 0.2) is 67.0 Å². The minimum atomic E-state index is -1.10. The van der Waals surface area contributed by atoms with Crippen LogP contribution in [0.4, 0.5) is 11.4 Å². The molecular weight excluding hydrogens is 310 g/mol. The SMILES string of the molecule is CS(=O)Nc1ccn(-c2ccc(N)c(Oc3ccccc3)c2)c1. The van der Waals surface area contributed by atoms with Crippen molar-refractivity contribution in [2.45, 2.75) is 0 Å². The van der Waals surface area contributed by atoms with Crippen LogP contribution in [0.3, 0.4) is 0 Å². The van der Waals surface area contributed by atoms with Crippen molar-refractivity contribution in [1.82, 2.24) is 4.57 Å². The lowest BCUT2D eigenvalue weighted by molar-refractivity contribution is 0.485. The molecule has 1 unspecified atom stereocenters. The van der Waals surface area contributed by atoms with Crippen molar-refractivity contribution in [2.75, 3.05) is 16.7 Å². The summed E-state index contributed by atoms with van der Waals surface area (Å²) in [4.78, 5) is 0. The molecular formula is C17H17N3O2S. The number of benzene rings is 2. The van der Waals surface area contributed by atoms with Gasteiger partial charge < -0.3 is 19.8 Å². The first-order chi connectivity index (χ1) is 11.1. The molecule has 1 heterocycles. The van der Waals surface area contributed by atoms with Crippen LogP contribution in [-0.4, -0.2) is 15.0 Å². The lowest BCUT2D eigenvalue weighted by Crippen LogP contribution is -2.00. The van der Waals surface area contributed by atoms with E-state index in [0.29, 0.717) is 11.4 Å². The zero-order chi connectivity index (χ0) is 16.2. The summed E-state index contributed by atoms with van der Waals surface area (Å²) in [6.07, 6.45) is 5.33. The Balaban J connectivity index is 1.88. The lowest BCUT2D eigenvalue weighted by atomic mass is 10.2. The van der Waals surface area contributed by atoms with Gasteiger partial charge in [-0.05, 0) is 30.3 Å². The van der Waals surface area contributed by atoms with E-state index in [4.69, 9.17) is 10.5 Å². The number of nitrogen functional groups attached to an aromatic ring is 1. The molecule has 0 radical (unpaired) electrons. The molecule has 1 atom stereocenters. The van der Waals surface area contributed by atoms with E-state index in [1.807, 2.05) is 65.5 Å². The van der Waals surface area contributed by atoms with Gasteiger partial charge in [0.05, 0.1) is 11.4 Å². The second kappa shape index (κ2) is 6.58. The average Bonchev–Trinajstić information content (AvgIpc) is 2.98. The maximum Gasteiger partial charge on any atom is 0.152 e. The average molecular weight is 327 g/mol. The van der Waals surface area contributed by atoms with Gasteiger partial charge in [-0.3, -0.25) is 0 Å². The monoisotopic (exact) mass is 327 g/mol. The number of aromatic nitrogens is 1. The Hall–Kier alpha value is -2.73. The fourth-order valence-electron chi connectivity index (χ4n) is 2.17. The van der Waals surface area contributed by atoms with Gasteiger partial charge in [0.25, 0.3) is 0 Å². The van der Waals surface area contributed by atoms with Crippen LogP contribution >= 0.6 is 0 Å². The van der Waals surface area contributed by atoms with Crippen molar-refractivity contribution in [3.05, 3.63) is 67.0 Å². The summed E-state index contributed by atoms with van der Waals surface area (Å²) in [5, 5.41) is 0. The zero-order valence-corrected chi connectivity index (χ0v) is 13.4. The Morgan fingerprint density at radius 1 is 1.13 bits per heavy atom. The Bertz CT molecular complexity index is 831. The van der Waals surface area contributed by atoms with E-state index in [-0.39, 0.29) is 0 Å². The predicted octanol–water partition coefficient (Wildman–Crippen LogP) is 3.56. The normalized spacial score (nSPS) is 11.9. The molecule has 0 saturated heterocycles. The van der Waals surface area contributed by atoms with Gasteiger partial charge in [-0.25, -0.2) is 4.21 Å². The third kappa shape index (κ3) is 3.73. The minimum Gasteiger partial charge on any atom is -0.455 e. The third-order valence-corrected chi connectivity index (χ3v) is 3.74. The number of hydrogen-bond acceptors (Lipinski definition) is 3. The quantitative estimate of drug-likeness (QED) is 0.704. The maximum atomic E-state index is 11.2. The van der Waals surface area contributed by atoms with E-state index in [1.54, 1.807) is 12.3 Å². The molecule has 0 spiro atoms. The summed E-state index contributed by atoms with van der Waals surface area (Å²) in [5.74, 6) is 1.32. The lowest BCUT2D eigenvalue weighted by Gasteiger charge is -2.11. The number of anilines is 2. The van der Waals surface area contributed by atoms with Crippen LogP contribution in [0.1, 0.15) is 0 Å². The molecule has 6 heteroatoms. The van der Waals surface area contributed by atoms with E-state index < -0.39 is 11.0 Å². The van der Waals surface area contributed by atoms with Crippen molar-refractivity contribution >= 4 is 22.4 Å². The standard InChI is InChI=1S/C17H17N3O2S/c1-23(21)19-13-9-10-20(12-13)14-7-8-16(18)17(11-14)22-15-5-3-2-4-6-15/h2-12,19H,18H2,1H3. The Morgan fingerprint density at radius 2 is 1.91 bits per heavy atom. The summed E-state index contributed by atoms with van der Waals surface area (Å²) in [7, 11) is -1.10. The maximum absolute atomic E-state index is 11.2. The molecule has 0 amide bonds. The zero-order valence-electron chi connectivity index (χ0n) is 12.6. The summed E-state index contributed by atoms with van der Waals surface area (Å²) in [5.41, 5.74) is 8.26. The van der Waals surface area contributed by atoms with Crippen molar-refractivity contribution in [3.8, 4) is 17.2 Å². The third-order valence-electron chi connectivity index (χ3n) is 3.22. The van der Waals surface area contributed by atoms with Crippen LogP contribution in [-0.2, 0) is 11.0 Å². The molecule has 0 fully saturated rings. The molecule has 5 nitrogen and oxygen atoms in total. The number of para-hydroxylation sites is 1. The molecule has 0 aliphatic rings. The molecule has 3 N–H and O–H groups in total. The number of ether oxygens (including phenoxy) is 1. The molecule has 3 aromatic rings. The van der Waals surface area contributed by atoms with E-state index in [2.05, 4.69) is 4.72 Å². The Kier molecular flexibility index (Phi) is 4.34. The summed E-state index contributed by atoms with van der Waals surface area (Å²) >= 11 is 0. The van der Waals surface area contributed by atoms with Crippen LogP contribution < -0.4 is 15.2 Å². The van der Waals surface area contributed by atoms with Gasteiger partial charge >= 0.3 is 0 Å². The van der Waals surface area contributed by atoms with Crippen LogP contribution in [0.2, 0.25) is 0 Å². The molecule has 1 aromatic heterocycles. The van der Waals surface area contributed by atoms with Crippen LogP contribution in [0, 0.1) is 0 Å². The first-order valence-corrected chi connectivity index (χ1v) is 8.58. The highest BCUT2D eigenvalue weighted by atomic mass is 32.2. The first kappa shape index (κ1) is 15.2. The molecule has 0 aliphatic heterocycles. The highest BCUT2D eigenvalue weighted by Gasteiger charge is 2.06. The predicted molar refractivity (Wildman–Crippen MR) is 94.4 cm³/mol. The summed E-state index contributed by atoms with van der Waals surface area (Å²) in [6.45, 7) is 0. The number of rotatable bonds is 5. The van der Waals surface area contributed by atoms with Gasteiger partial charge in [-0.2, -0.15) is 0 Å². The van der Waals surface area contributed by atoms with E-state index in [9.17, 15) is 4.21 Å². The van der Waals surface area contributed by atoms with Crippen LogP contribution in [0.5, 0.6) is 11.5 Å². The molecule has 0 bridgehead atoms. The van der Waals surface area contributed by atoms with E-state index in [0.717, 1.165) is 17.1 Å². The summed E-state index contributed by atoms with van der Waals surface area (Å²) in [6, 6.07) is 16.9. The molecule has 0 aliphatic carbocycles. The minimum absolute atomic E-state index is 0.567. The second-order valence-corrected chi connectivity index (χ2v) is 6.11. The Labute approximate surface area is 137 Å². The summed E-state index contributed by atoms with van der Waals surface area (Å²) < 4.78 is 21.8. The van der Waals surface area contributed by atoms with Gasteiger partial charge in [0.15, 0.2) is 5.75 Å². The van der Waals surface area contributed by atoms with Gasteiger partial charge in [-0.1, -0.05) is 18.2 Å². The number of hydrogen-bond donors (Lipinski definition) is 2. The van der Waals surface area contributed by atoms with Crippen molar-refractivity contribution in [3.63, 3.8) is 0 Å². The number of nitrogens with zero attached hydrogens (tertiary/aromatic N) is 1. The van der Waals surface area contributed by atoms with Gasteiger partial charge in [0.1, 0.15) is 16.7 Å². The van der Waals surface area contributed by atoms with Crippen molar-refractivity contribution in [1.29, 1.82) is 0 Å². The fourth-order valence-corrected chi connectivity index (χ4v) is 2.62. The molecule has 2 aromatic carbocycles. The fraction of sp³-hybridized carbons (Fsp3) is 0.0588. The highest BCUT2D eigenvalue weighted by molar-refractivity contribution is 7.85. The molecule has 0 saturated carbocycles.